The number of thiazole rings is 1. The molecule has 0 bridgehead atoms. The quantitative estimate of drug-likeness (QED) is 0.593. The van der Waals surface area contributed by atoms with Crippen molar-refractivity contribution in [2.45, 2.75) is 32.3 Å². The van der Waals surface area contributed by atoms with Crippen molar-refractivity contribution in [1.29, 1.82) is 0 Å². The largest absolute Gasteiger partial charge is 0.452 e. The van der Waals surface area contributed by atoms with E-state index >= 15 is 0 Å². The van der Waals surface area contributed by atoms with Gasteiger partial charge in [0.1, 0.15) is 0 Å². The fourth-order valence-electron chi connectivity index (χ4n) is 2.11. The monoisotopic (exact) mass is 337 g/mol. The molecule has 1 N–H and O–H groups in total. The van der Waals surface area contributed by atoms with Gasteiger partial charge in [0.25, 0.3) is 5.91 Å². The van der Waals surface area contributed by atoms with Crippen molar-refractivity contribution in [3.63, 3.8) is 0 Å². The lowest BCUT2D eigenvalue weighted by molar-refractivity contribution is -0.154. The number of nitrogens with zero attached hydrogens (tertiary/aromatic N) is 2. The Hall–Kier alpha value is -2.22. The lowest BCUT2D eigenvalue weighted by Crippen LogP contribution is -2.36. The minimum Gasteiger partial charge on any atom is -0.452 e. The Kier molecular flexibility index (Phi) is 5.86. The number of hydrogen-bond donors (Lipinski definition) is 1. The van der Waals surface area contributed by atoms with E-state index in [1.54, 1.807) is 16.4 Å². The number of anilines is 1. The normalized spacial score (nSPS) is 15.3. The van der Waals surface area contributed by atoms with Gasteiger partial charge >= 0.3 is 5.97 Å². The summed E-state index contributed by atoms with van der Waals surface area (Å²) in [5.74, 6) is -0.850. The molecule has 1 atom stereocenters. The molecule has 0 aliphatic carbocycles. The van der Waals surface area contributed by atoms with Crippen molar-refractivity contribution in [2.24, 2.45) is 0 Å². The van der Waals surface area contributed by atoms with E-state index in [-0.39, 0.29) is 18.2 Å². The summed E-state index contributed by atoms with van der Waals surface area (Å²) >= 11 is 1.32. The van der Waals surface area contributed by atoms with Gasteiger partial charge in [-0.25, -0.2) is 4.98 Å². The zero-order valence-electron chi connectivity index (χ0n) is 12.9. The van der Waals surface area contributed by atoms with Crippen molar-refractivity contribution in [3.8, 4) is 0 Å². The van der Waals surface area contributed by atoms with E-state index in [0.29, 0.717) is 30.3 Å². The summed E-state index contributed by atoms with van der Waals surface area (Å²) in [6.45, 7) is 5.98. The number of carbonyl (C=O) groups is 3. The van der Waals surface area contributed by atoms with Crippen LogP contribution in [0.1, 0.15) is 25.5 Å². The smallest absolute Gasteiger partial charge is 0.312 e. The second kappa shape index (κ2) is 7.87. The molecule has 0 aromatic carbocycles. The minimum atomic E-state index is -0.874. The summed E-state index contributed by atoms with van der Waals surface area (Å²) in [5.41, 5.74) is 0.536. The van der Waals surface area contributed by atoms with Gasteiger partial charge in [-0.05, 0) is 13.3 Å². The van der Waals surface area contributed by atoms with Crippen LogP contribution < -0.4 is 10.2 Å². The second-order valence-electron chi connectivity index (χ2n) is 5.11. The number of ether oxygens (including phenoxy) is 1. The van der Waals surface area contributed by atoms with E-state index in [1.807, 2.05) is 0 Å². The first-order chi connectivity index (χ1) is 11.0. The standard InChI is InChI=1S/C15H19N3O4S/c1-3-6-16-14(21)10(2)22-13(20)8-11-9-23-15(17-11)18-7-4-5-12(18)19/h3,9-10H,1,4-8H2,2H3,(H,16,21)/t10-/m0/s1. The Morgan fingerprint density at radius 2 is 2.39 bits per heavy atom. The Bertz CT molecular complexity index is 614. The molecule has 7 nitrogen and oxygen atoms in total. The van der Waals surface area contributed by atoms with E-state index in [2.05, 4.69) is 16.9 Å². The average molecular weight is 337 g/mol. The van der Waals surface area contributed by atoms with E-state index in [9.17, 15) is 14.4 Å². The molecule has 1 aromatic rings. The molecule has 8 heteroatoms. The number of nitrogens with one attached hydrogen (secondary N) is 1. The molecule has 23 heavy (non-hydrogen) atoms. The van der Waals surface area contributed by atoms with Crippen LogP contribution in [0.4, 0.5) is 5.13 Å². The van der Waals surface area contributed by atoms with Gasteiger partial charge in [-0.2, -0.15) is 0 Å². The lowest BCUT2D eigenvalue weighted by Gasteiger charge is -2.12. The van der Waals surface area contributed by atoms with Gasteiger partial charge in [0.15, 0.2) is 11.2 Å². The molecule has 0 radical (unpaired) electrons. The van der Waals surface area contributed by atoms with Gasteiger partial charge in [-0.3, -0.25) is 19.3 Å². The number of amides is 2. The maximum absolute atomic E-state index is 11.9. The molecule has 1 aliphatic rings. The van der Waals surface area contributed by atoms with E-state index < -0.39 is 12.1 Å². The fraction of sp³-hybridized carbons (Fsp3) is 0.467. The predicted octanol–water partition coefficient (Wildman–Crippen LogP) is 1.05. The summed E-state index contributed by atoms with van der Waals surface area (Å²) in [6.07, 6.45) is 2.00. The first-order valence-electron chi connectivity index (χ1n) is 7.34. The van der Waals surface area contributed by atoms with Crippen molar-refractivity contribution in [1.82, 2.24) is 10.3 Å². The van der Waals surface area contributed by atoms with Gasteiger partial charge in [0.05, 0.1) is 12.1 Å². The zero-order valence-corrected chi connectivity index (χ0v) is 13.7. The van der Waals surface area contributed by atoms with Crippen LogP contribution >= 0.6 is 11.3 Å². The topological polar surface area (TPSA) is 88.6 Å². The highest BCUT2D eigenvalue weighted by atomic mass is 32.1. The predicted molar refractivity (Wildman–Crippen MR) is 86.2 cm³/mol. The van der Waals surface area contributed by atoms with E-state index in [4.69, 9.17) is 4.74 Å². The zero-order chi connectivity index (χ0) is 16.8. The molecular weight excluding hydrogens is 318 g/mol. The van der Waals surface area contributed by atoms with Crippen molar-refractivity contribution < 1.29 is 19.1 Å². The molecule has 0 spiro atoms. The summed E-state index contributed by atoms with van der Waals surface area (Å²) in [7, 11) is 0. The third-order valence-corrected chi connectivity index (χ3v) is 4.18. The van der Waals surface area contributed by atoms with Crippen LogP contribution in [0.2, 0.25) is 0 Å². The third kappa shape index (κ3) is 4.62. The third-order valence-electron chi connectivity index (χ3n) is 3.27. The molecule has 1 saturated heterocycles. The number of aromatic nitrogens is 1. The molecule has 2 heterocycles. The van der Waals surface area contributed by atoms with Crippen molar-refractivity contribution >= 4 is 34.3 Å². The van der Waals surface area contributed by atoms with Crippen molar-refractivity contribution in [2.75, 3.05) is 18.0 Å². The van der Waals surface area contributed by atoms with Gasteiger partial charge < -0.3 is 10.1 Å². The van der Waals surface area contributed by atoms with Gasteiger partial charge in [0, 0.05) is 24.9 Å². The van der Waals surface area contributed by atoms with Crippen LogP contribution in [0.5, 0.6) is 0 Å². The van der Waals surface area contributed by atoms with Crippen LogP contribution in [0.25, 0.3) is 0 Å². The van der Waals surface area contributed by atoms with Crippen molar-refractivity contribution in [3.05, 3.63) is 23.7 Å². The summed E-state index contributed by atoms with van der Waals surface area (Å²) in [6, 6.07) is 0. The van der Waals surface area contributed by atoms with Gasteiger partial charge in [-0.15, -0.1) is 17.9 Å². The second-order valence-corrected chi connectivity index (χ2v) is 5.95. The molecule has 0 saturated carbocycles. The van der Waals surface area contributed by atoms with Crippen LogP contribution in [-0.2, 0) is 25.5 Å². The molecule has 1 aromatic heterocycles. The van der Waals surface area contributed by atoms with Crippen LogP contribution in [0.15, 0.2) is 18.0 Å². The molecule has 2 rings (SSSR count). The highest BCUT2D eigenvalue weighted by Crippen LogP contribution is 2.25. The highest BCUT2D eigenvalue weighted by Gasteiger charge is 2.25. The molecule has 1 aliphatic heterocycles. The highest BCUT2D eigenvalue weighted by molar-refractivity contribution is 7.14. The average Bonchev–Trinajstić information content (AvgIpc) is 3.13. The van der Waals surface area contributed by atoms with E-state index in [0.717, 1.165) is 6.42 Å². The SMILES string of the molecule is C=CCNC(=O)[C@H](C)OC(=O)Cc1csc(N2CCCC2=O)n1. The molecule has 124 valence electrons. The maximum Gasteiger partial charge on any atom is 0.312 e. The Morgan fingerprint density at radius 3 is 3.04 bits per heavy atom. The fourth-order valence-corrected chi connectivity index (χ4v) is 2.98. The van der Waals surface area contributed by atoms with Crippen LogP contribution in [0.3, 0.4) is 0 Å². The summed E-state index contributed by atoms with van der Waals surface area (Å²) in [4.78, 5) is 41.1. The Balaban J connectivity index is 1.86. The minimum absolute atomic E-state index is 0.0301. The first-order valence-corrected chi connectivity index (χ1v) is 8.22. The number of carbonyl (C=O) groups excluding carboxylic acids is 3. The molecule has 1 fully saturated rings. The molecular formula is C15H19N3O4S. The number of esters is 1. The first kappa shape index (κ1) is 17.1. The van der Waals surface area contributed by atoms with Gasteiger partial charge in [0.2, 0.25) is 5.91 Å². The lowest BCUT2D eigenvalue weighted by atomic mass is 10.3. The summed E-state index contributed by atoms with van der Waals surface area (Å²) in [5, 5.41) is 4.89. The number of hydrogen-bond acceptors (Lipinski definition) is 6. The van der Waals surface area contributed by atoms with Crippen LogP contribution in [-0.4, -0.2) is 42.0 Å². The Labute approximate surface area is 138 Å². The summed E-state index contributed by atoms with van der Waals surface area (Å²) < 4.78 is 5.07. The molecule has 2 amide bonds. The van der Waals surface area contributed by atoms with E-state index in [1.165, 1.54) is 18.3 Å². The Morgan fingerprint density at radius 1 is 1.61 bits per heavy atom. The maximum atomic E-state index is 11.9. The van der Waals surface area contributed by atoms with Gasteiger partial charge in [-0.1, -0.05) is 6.08 Å². The number of rotatable bonds is 7. The molecule has 0 unspecified atom stereocenters. The van der Waals surface area contributed by atoms with Crippen LogP contribution in [0, 0.1) is 0 Å².